The van der Waals surface area contributed by atoms with Crippen LogP contribution in [0.25, 0.3) is 0 Å². The van der Waals surface area contributed by atoms with Gasteiger partial charge in [0, 0.05) is 17.2 Å². The van der Waals surface area contributed by atoms with Crippen molar-refractivity contribution in [2.75, 3.05) is 30.8 Å². The van der Waals surface area contributed by atoms with E-state index in [9.17, 15) is 9.59 Å². The van der Waals surface area contributed by atoms with Crippen LogP contribution in [0.5, 0.6) is 0 Å². The van der Waals surface area contributed by atoms with Gasteiger partial charge in [0.25, 0.3) is 0 Å². The van der Waals surface area contributed by atoms with Gasteiger partial charge in [-0.15, -0.1) is 0 Å². The number of amides is 2. The number of carbonyl (C=O) groups excluding carboxylic acids is 2. The minimum absolute atomic E-state index is 0.0548. The van der Waals surface area contributed by atoms with Gasteiger partial charge >= 0.3 is 0 Å². The van der Waals surface area contributed by atoms with Crippen molar-refractivity contribution in [3.05, 3.63) is 57.5 Å². The molecule has 2 amide bonds. The highest BCUT2D eigenvalue weighted by molar-refractivity contribution is 9.10. The maximum Gasteiger partial charge on any atom is 0.244 e. The third-order valence-corrected chi connectivity index (χ3v) is 4.49. The second-order valence-electron chi connectivity index (χ2n) is 5.61. The Balaban J connectivity index is 1.85. The Morgan fingerprint density at radius 1 is 1.16 bits per heavy atom. The van der Waals surface area contributed by atoms with Gasteiger partial charge in [-0.05, 0) is 52.7 Å². The lowest BCUT2D eigenvalue weighted by Crippen LogP contribution is -2.38. The Morgan fingerprint density at radius 3 is 2.56 bits per heavy atom. The largest absolute Gasteiger partial charge is 0.375 e. The average molecular weight is 425 g/mol. The molecule has 0 aliphatic rings. The van der Waals surface area contributed by atoms with Crippen LogP contribution in [0.1, 0.15) is 5.56 Å². The van der Waals surface area contributed by atoms with Crippen LogP contribution < -0.4 is 10.6 Å². The number of halogens is 2. The van der Waals surface area contributed by atoms with Crippen LogP contribution in [0.15, 0.2) is 46.9 Å². The van der Waals surface area contributed by atoms with Gasteiger partial charge in [-0.2, -0.15) is 0 Å². The van der Waals surface area contributed by atoms with Gasteiger partial charge in [0.05, 0.1) is 23.8 Å². The quantitative estimate of drug-likeness (QED) is 0.739. The minimum Gasteiger partial charge on any atom is -0.375 e. The molecule has 0 heterocycles. The SMILES string of the molecule is Cc1ccc(NCC(=O)N(C)CC(=O)Nc2ccccc2Cl)c(Br)c1. The van der Waals surface area contributed by atoms with E-state index in [2.05, 4.69) is 26.6 Å². The molecule has 0 aromatic heterocycles. The fourth-order valence-corrected chi connectivity index (χ4v) is 2.94. The number of hydrogen-bond donors (Lipinski definition) is 2. The maximum atomic E-state index is 12.2. The number of nitrogens with one attached hydrogen (secondary N) is 2. The predicted molar refractivity (Wildman–Crippen MR) is 105 cm³/mol. The molecule has 2 rings (SSSR count). The van der Waals surface area contributed by atoms with Crippen molar-refractivity contribution in [2.24, 2.45) is 0 Å². The lowest BCUT2D eigenvalue weighted by atomic mass is 10.2. The van der Waals surface area contributed by atoms with Crippen molar-refractivity contribution in [1.82, 2.24) is 4.90 Å². The molecule has 0 atom stereocenters. The van der Waals surface area contributed by atoms with Gasteiger partial charge in [-0.3, -0.25) is 9.59 Å². The topological polar surface area (TPSA) is 61.4 Å². The number of anilines is 2. The molecule has 0 unspecified atom stereocenters. The first kappa shape index (κ1) is 19.3. The monoisotopic (exact) mass is 423 g/mol. The van der Waals surface area contributed by atoms with E-state index in [4.69, 9.17) is 11.6 Å². The molecule has 132 valence electrons. The summed E-state index contributed by atoms with van der Waals surface area (Å²) in [5.74, 6) is -0.498. The van der Waals surface area contributed by atoms with E-state index in [1.165, 1.54) is 4.90 Å². The zero-order valence-electron chi connectivity index (χ0n) is 14.0. The highest BCUT2D eigenvalue weighted by atomic mass is 79.9. The summed E-state index contributed by atoms with van der Waals surface area (Å²) in [6.45, 7) is 2.03. The Kier molecular flexibility index (Phi) is 6.84. The number of hydrogen-bond acceptors (Lipinski definition) is 3. The molecule has 5 nitrogen and oxygen atoms in total. The molecular weight excluding hydrogens is 406 g/mol. The third-order valence-electron chi connectivity index (χ3n) is 3.51. The number of para-hydroxylation sites is 1. The van der Waals surface area contributed by atoms with Crippen LogP contribution in [0, 0.1) is 6.92 Å². The van der Waals surface area contributed by atoms with Crippen molar-refractivity contribution in [1.29, 1.82) is 0 Å². The minimum atomic E-state index is -0.305. The summed E-state index contributed by atoms with van der Waals surface area (Å²) in [7, 11) is 1.58. The predicted octanol–water partition coefficient (Wildman–Crippen LogP) is 3.92. The molecule has 0 bridgehead atoms. The Morgan fingerprint density at radius 2 is 1.88 bits per heavy atom. The second-order valence-corrected chi connectivity index (χ2v) is 6.88. The number of carbonyl (C=O) groups is 2. The van der Waals surface area contributed by atoms with Crippen LogP contribution in [-0.2, 0) is 9.59 Å². The number of aryl methyl sites for hydroxylation is 1. The first-order chi connectivity index (χ1) is 11.9. The van der Waals surface area contributed by atoms with Crippen LogP contribution in [0.4, 0.5) is 11.4 Å². The van der Waals surface area contributed by atoms with Gasteiger partial charge in [-0.25, -0.2) is 0 Å². The molecule has 25 heavy (non-hydrogen) atoms. The van der Waals surface area contributed by atoms with Gasteiger partial charge in [0.2, 0.25) is 11.8 Å². The zero-order valence-corrected chi connectivity index (χ0v) is 16.3. The van der Waals surface area contributed by atoms with E-state index in [1.54, 1.807) is 31.3 Å². The van der Waals surface area contributed by atoms with Gasteiger partial charge in [-0.1, -0.05) is 29.8 Å². The molecular formula is C18H19BrClN3O2. The van der Waals surface area contributed by atoms with Crippen LogP contribution >= 0.6 is 27.5 Å². The van der Waals surface area contributed by atoms with Crippen LogP contribution in [-0.4, -0.2) is 36.9 Å². The first-order valence-electron chi connectivity index (χ1n) is 7.65. The summed E-state index contributed by atoms with van der Waals surface area (Å²) in [4.78, 5) is 25.6. The summed E-state index contributed by atoms with van der Waals surface area (Å²) >= 11 is 9.46. The number of rotatable bonds is 6. The Hall–Kier alpha value is -2.05. The molecule has 0 aliphatic carbocycles. The fourth-order valence-electron chi connectivity index (χ4n) is 2.13. The van der Waals surface area contributed by atoms with Crippen molar-refractivity contribution in [2.45, 2.75) is 6.92 Å². The molecule has 0 saturated carbocycles. The Bertz CT molecular complexity index is 783. The number of nitrogens with zero attached hydrogens (tertiary/aromatic N) is 1. The maximum absolute atomic E-state index is 12.2. The first-order valence-corrected chi connectivity index (χ1v) is 8.82. The Labute approximate surface area is 160 Å². The van der Waals surface area contributed by atoms with E-state index >= 15 is 0 Å². The van der Waals surface area contributed by atoms with Crippen LogP contribution in [0.2, 0.25) is 5.02 Å². The lowest BCUT2D eigenvalue weighted by Gasteiger charge is -2.18. The van der Waals surface area contributed by atoms with Gasteiger partial charge in [0.1, 0.15) is 0 Å². The lowest BCUT2D eigenvalue weighted by molar-refractivity contribution is -0.131. The smallest absolute Gasteiger partial charge is 0.244 e. The molecule has 0 saturated heterocycles. The van der Waals surface area contributed by atoms with Crippen molar-refractivity contribution >= 4 is 50.7 Å². The number of likely N-dealkylation sites (N-methyl/N-ethyl adjacent to an activating group) is 1. The molecule has 7 heteroatoms. The fraction of sp³-hybridized carbons (Fsp3) is 0.222. The summed E-state index contributed by atoms with van der Waals surface area (Å²) < 4.78 is 0.888. The van der Waals surface area contributed by atoms with E-state index in [0.29, 0.717) is 10.7 Å². The normalized spacial score (nSPS) is 10.2. The van der Waals surface area contributed by atoms with E-state index in [0.717, 1.165) is 15.7 Å². The second kappa shape index (κ2) is 8.87. The van der Waals surface area contributed by atoms with Gasteiger partial charge < -0.3 is 15.5 Å². The van der Waals surface area contributed by atoms with Gasteiger partial charge in [0.15, 0.2) is 0 Å². The van der Waals surface area contributed by atoms with E-state index in [-0.39, 0.29) is 24.9 Å². The molecule has 2 aromatic rings. The van der Waals surface area contributed by atoms with Crippen molar-refractivity contribution in [3.63, 3.8) is 0 Å². The molecule has 2 N–H and O–H groups in total. The molecule has 0 radical (unpaired) electrons. The zero-order chi connectivity index (χ0) is 18.4. The van der Waals surface area contributed by atoms with E-state index in [1.807, 2.05) is 25.1 Å². The van der Waals surface area contributed by atoms with Crippen LogP contribution in [0.3, 0.4) is 0 Å². The summed E-state index contributed by atoms with van der Waals surface area (Å²) in [6, 6.07) is 12.8. The third kappa shape index (κ3) is 5.76. The molecule has 0 fully saturated rings. The summed E-state index contributed by atoms with van der Waals surface area (Å²) in [5, 5.41) is 6.21. The summed E-state index contributed by atoms with van der Waals surface area (Å²) in [5.41, 5.74) is 2.47. The summed E-state index contributed by atoms with van der Waals surface area (Å²) in [6.07, 6.45) is 0. The van der Waals surface area contributed by atoms with Crippen molar-refractivity contribution < 1.29 is 9.59 Å². The number of benzene rings is 2. The highest BCUT2D eigenvalue weighted by Gasteiger charge is 2.14. The molecule has 0 aliphatic heterocycles. The average Bonchev–Trinajstić information content (AvgIpc) is 2.55. The molecule has 2 aromatic carbocycles. The highest BCUT2D eigenvalue weighted by Crippen LogP contribution is 2.23. The van der Waals surface area contributed by atoms with Crippen molar-refractivity contribution in [3.8, 4) is 0 Å². The molecule has 0 spiro atoms. The van der Waals surface area contributed by atoms with E-state index < -0.39 is 0 Å². The standard InChI is InChI=1S/C18H19BrClN3O2/c1-12-7-8-15(13(19)9-12)21-10-18(25)23(2)11-17(24)22-16-6-4-3-5-14(16)20/h3-9,21H,10-11H2,1-2H3,(H,22,24).